The number of hydrogen-bond acceptors (Lipinski definition) is 0. The summed E-state index contributed by atoms with van der Waals surface area (Å²) in [6.07, 6.45) is 12.5. The van der Waals surface area contributed by atoms with Crippen LogP contribution in [-0.2, 0) is 0 Å². The fourth-order valence-corrected chi connectivity index (χ4v) is 7.91. The Morgan fingerprint density at radius 1 is 0.667 bits per heavy atom. The van der Waals surface area contributed by atoms with Crippen LogP contribution in [0, 0.1) is 34.0 Å². The van der Waals surface area contributed by atoms with Crippen LogP contribution < -0.4 is 0 Å². The van der Waals surface area contributed by atoms with Crippen molar-refractivity contribution < 1.29 is 4.39 Å². The molecule has 0 aromatic heterocycles. The van der Waals surface area contributed by atoms with Gasteiger partial charge in [-0.2, -0.15) is 0 Å². The summed E-state index contributed by atoms with van der Waals surface area (Å²) in [7, 11) is 0. The Morgan fingerprint density at radius 2 is 1.38 bits per heavy atom. The van der Waals surface area contributed by atoms with Gasteiger partial charge in [-0.3, -0.25) is 0 Å². The van der Waals surface area contributed by atoms with Gasteiger partial charge >= 0.3 is 0 Å². The van der Waals surface area contributed by atoms with Gasteiger partial charge < -0.3 is 0 Å². The van der Waals surface area contributed by atoms with Crippen LogP contribution in [-0.4, -0.2) is 6.17 Å². The zero-order valence-corrected chi connectivity index (χ0v) is 14.3. The van der Waals surface area contributed by atoms with Gasteiger partial charge in [-0.1, -0.05) is 33.6 Å². The summed E-state index contributed by atoms with van der Waals surface area (Å²) in [5.41, 5.74) is 1.00. The molecular weight excluding hydrogens is 259 g/mol. The zero-order chi connectivity index (χ0) is 14.9. The molecule has 1 heteroatoms. The SMILES string of the molecule is CC12CCC3C4(C)CCCCC4CCC3(C)C1CCC2F. The summed E-state index contributed by atoms with van der Waals surface area (Å²) in [4.78, 5) is 0. The minimum absolute atomic E-state index is 0.00309. The molecule has 0 aromatic carbocycles. The molecule has 7 unspecified atom stereocenters. The Bertz CT molecular complexity index is 432. The van der Waals surface area contributed by atoms with Gasteiger partial charge in [0.2, 0.25) is 0 Å². The minimum Gasteiger partial charge on any atom is -0.247 e. The Labute approximate surface area is 130 Å². The van der Waals surface area contributed by atoms with Crippen LogP contribution in [0.4, 0.5) is 4.39 Å². The fraction of sp³-hybridized carbons (Fsp3) is 1.00. The van der Waals surface area contributed by atoms with Gasteiger partial charge in [0.1, 0.15) is 6.17 Å². The van der Waals surface area contributed by atoms with Crippen molar-refractivity contribution in [3.63, 3.8) is 0 Å². The third kappa shape index (κ3) is 1.73. The Kier molecular flexibility index (Phi) is 3.10. The van der Waals surface area contributed by atoms with Gasteiger partial charge in [-0.25, -0.2) is 4.39 Å². The van der Waals surface area contributed by atoms with Crippen molar-refractivity contribution in [2.45, 2.75) is 91.2 Å². The molecule has 4 aliphatic rings. The standard InChI is InChI=1S/C20H33F/c1-18-11-5-4-6-14(18)9-12-19(2)15-7-8-17(21)20(15,3)13-10-16(18)19/h14-17H,4-13H2,1-3H3. The summed E-state index contributed by atoms with van der Waals surface area (Å²) in [5, 5.41) is 0. The van der Waals surface area contributed by atoms with Crippen LogP contribution in [0.25, 0.3) is 0 Å². The molecule has 4 saturated carbocycles. The van der Waals surface area contributed by atoms with E-state index in [1.807, 2.05) is 0 Å². The van der Waals surface area contributed by atoms with Crippen LogP contribution >= 0.6 is 0 Å². The molecule has 0 radical (unpaired) electrons. The summed E-state index contributed by atoms with van der Waals surface area (Å²) in [5.74, 6) is 2.49. The van der Waals surface area contributed by atoms with Gasteiger partial charge in [0.15, 0.2) is 0 Å². The molecule has 4 rings (SSSR count). The number of halogens is 1. The van der Waals surface area contributed by atoms with E-state index in [0.29, 0.717) is 16.7 Å². The van der Waals surface area contributed by atoms with E-state index in [1.54, 1.807) is 0 Å². The number of rotatable bonds is 0. The predicted octanol–water partition coefficient (Wildman–Crippen LogP) is 6.15. The first kappa shape index (κ1) is 14.5. The lowest BCUT2D eigenvalue weighted by atomic mass is 9.40. The second kappa shape index (κ2) is 4.48. The van der Waals surface area contributed by atoms with Gasteiger partial charge in [0, 0.05) is 5.41 Å². The molecule has 0 spiro atoms. The maximum atomic E-state index is 14.6. The van der Waals surface area contributed by atoms with E-state index in [9.17, 15) is 4.39 Å². The predicted molar refractivity (Wildman–Crippen MR) is 85.9 cm³/mol. The van der Waals surface area contributed by atoms with E-state index in [2.05, 4.69) is 20.8 Å². The normalized spacial score (nSPS) is 60.0. The maximum Gasteiger partial charge on any atom is 0.106 e. The average molecular weight is 292 g/mol. The molecule has 0 bridgehead atoms. The molecule has 7 atom stereocenters. The van der Waals surface area contributed by atoms with Crippen LogP contribution in [0.5, 0.6) is 0 Å². The highest BCUT2D eigenvalue weighted by atomic mass is 19.1. The number of fused-ring (bicyclic) bond motifs is 5. The first-order valence-electron chi connectivity index (χ1n) is 9.55. The maximum absolute atomic E-state index is 14.6. The molecule has 4 aliphatic carbocycles. The molecule has 0 N–H and O–H groups in total. The summed E-state index contributed by atoms with van der Waals surface area (Å²) < 4.78 is 14.6. The molecule has 0 heterocycles. The fourth-order valence-electron chi connectivity index (χ4n) is 7.91. The number of alkyl halides is 1. The van der Waals surface area contributed by atoms with Crippen molar-refractivity contribution in [3.8, 4) is 0 Å². The van der Waals surface area contributed by atoms with Crippen molar-refractivity contribution in [1.82, 2.24) is 0 Å². The van der Waals surface area contributed by atoms with Crippen molar-refractivity contribution >= 4 is 0 Å². The first-order chi connectivity index (χ1) is 9.91. The van der Waals surface area contributed by atoms with Gasteiger partial charge in [-0.05, 0) is 80.0 Å². The summed E-state index contributed by atoms with van der Waals surface area (Å²) in [6.45, 7) is 7.46. The molecule has 0 aliphatic heterocycles. The molecule has 0 amide bonds. The van der Waals surface area contributed by atoms with Crippen LogP contribution in [0.3, 0.4) is 0 Å². The average Bonchev–Trinajstić information content (AvgIpc) is 2.75. The molecule has 21 heavy (non-hydrogen) atoms. The van der Waals surface area contributed by atoms with Gasteiger partial charge in [-0.15, -0.1) is 0 Å². The van der Waals surface area contributed by atoms with E-state index >= 15 is 0 Å². The zero-order valence-electron chi connectivity index (χ0n) is 14.3. The first-order valence-corrected chi connectivity index (χ1v) is 9.55. The van der Waals surface area contributed by atoms with Crippen molar-refractivity contribution in [2.24, 2.45) is 34.0 Å². The minimum atomic E-state index is -0.530. The third-order valence-electron chi connectivity index (χ3n) is 9.06. The van der Waals surface area contributed by atoms with Gasteiger partial charge in [0.05, 0.1) is 0 Å². The highest BCUT2D eigenvalue weighted by Crippen LogP contribution is 2.71. The van der Waals surface area contributed by atoms with Gasteiger partial charge in [0.25, 0.3) is 0 Å². The lowest BCUT2D eigenvalue weighted by Crippen LogP contribution is -2.58. The number of hydrogen-bond donors (Lipinski definition) is 0. The Morgan fingerprint density at radius 3 is 2.19 bits per heavy atom. The Balaban J connectivity index is 1.72. The summed E-state index contributed by atoms with van der Waals surface area (Å²) in [6, 6.07) is 0. The Hall–Kier alpha value is -0.0700. The molecule has 0 aromatic rings. The molecule has 0 saturated heterocycles. The van der Waals surface area contributed by atoms with E-state index in [-0.39, 0.29) is 5.41 Å². The molecule has 120 valence electrons. The summed E-state index contributed by atoms with van der Waals surface area (Å²) >= 11 is 0. The van der Waals surface area contributed by atoms with Crippen molar-refractivity contribution in [1.29, 1.82) is 0 Å². The van der Waals surface area contributed by atoms with Crippen LogP contribution in [0.1, 0.15) is 85.0 Å². The van der Waals surface area contributed by atoms with E-state index in [4.69, 9.17) is 0 Å². The quantitative estimate of drug-likeness (QED) is 0.502. The third-order valence-corrected chi connectivity index (χ3v) is 9.06. The largest absolute Gasteiger partial charge is 0.247 e. The molecule has 0 nitrogen and oxygen atoms in total. The van der Waals surface area contributed by atoms with Crippen LogP contribution in [0.2, 0.25) is 0 Å². The smallest absolute Gasteiger partial charge is 0.106 e. The second-order valence-corrected chi connectivity index (χ2v) is 9.69. The van der Waals surface area contributed by atoms with Crippen molar-refractivity contribution in [2.75, 3.05) is 0 Å². The van der Waals surface area contributed by atoms with E-state index in [0.717, 1.165) is 31.1 Å². The van der Waals surface area contributed by atoms with E-state index < -0.39 is 6.17 Å². The lowest BCUT2D eigenvalue weighted by molar-refractivity contribution is -0.165. The lowest BCUT2D eigenvalue weighted by Gasteiger charge is -2.65. The highest BCUT2D eigenvalue weighted by Gasteiger charge is 2.64. The van der Waals surface area contributed by atoms with Crippen molar-refractivity contribution in [3.05, 3.63) is 0 Å². The molecule has 4 fully saturated rings. The molecular formula is C20H33F. The van der Waals surface area contributed by atoms with Crippen LogP contribution in [0.15, 0.2) is 0 Å². The second-order valence-electron chi connectivity index (χ2n) is 9.69. The monoisotopic (exact) mass is 292 g/mol. The van der Waals surface area contributed by atoms with E-state index in [1.165, 1.54) is 44.9 Å². The highest BCUT2D eigenvalue weighted by molar-refractivity contribution is 5.13. The topological polar surface area (TPSA) is 0 Å².